The number of rotatable bonds is 7. The monoisotopic (exact) mass is 335 g/mol. The Morgan fingerprint density at radius 1 is 1.43 bits per heavy atom. The molecule has 0 fully saturated rings. The fourth-order valence-corrected chi connectivity index (χ4v) is 3.48. The molecule has 118 valence electrons. The molecule has 1 rings (SSSR count). The highest BCUT2D eigenvalue weighted by Crippen LogP contribution is 2.24. The second kappa shape index (κ2) is 7.22. The highest BCUT2D eigenvalue weighted by Gasteiger charge is 2.21. The summed E-state index contributed by atoms with van der Waals surface area (Å²) in [5.74, 6) is -1.24. The summed E-state index contributed by atoms with van der Waals surface area (Å²) in [6.07, 6.45) is 0.445. The minimum absolute atomic E-state index is 0.0438. The van der Waals surface area contributed by atoms with Crippen LogP contribution in [0.3, 0.4) is 0 Å². The lowest BCUT2D eigenvalue weighted by atomic mass is 10.1. The molecule has 0 saturated heterocycles. The summed E-state index contributed by atoms with van der Waals surface area (Å²) in [4.78, 5) is 10.9. The van der Waals surface area contributed by atoms with Crippen molar-refractivity contribution in [3.8, 4) is 0 Å². The van der Waals surface area contributed by atoms with E-state index in [1.807, 2.05) is 0 Å². The highest BCUT2D eigenvalue weighted by molar-refractivity contribution is 7.89. The summed E-state index contributed by atoms with van der Waals surface area (Å²) in [6, 6.07) is 2.44. The maximum absolute atomic E-state index is 12.2. The molecule has 0 radical (unpaired) electrons. The van der Waals surface area contributed by atoms with Gasteiger partial charge in [0.1, 0.15) is 0 Å². The molecule has 1 aromatic carbocycles. The van der Waals surface area contributed by atoms with E-state index >= 15 is 0 Å². The van der Waals surface area contributed by atoms with E-state index in [0.717, 1.165) is 0 Å². The van der Waals surface area contributed by atoms with E-state index in [1.54, 1.807) is 6.92 Å². The summed E-state index contributed by atoms with van der Waals surface area (Å²) in [5, 5.41) is 18.2. The minimum Gasteiger partial charge on any atom is -0.478 e. The van der Waals surface area contributed by atoms with Crippen molar-refractivity contribution in [2.45, 2.75) is 37.7 Å². The number of halogens is 1. The van der Waals surface area contributed by atoms with Crippen molar-refractivity contribution >= 4 is 27.6 Å². The number of carboxylic acids is 1. The van der Waals surface area contributed by atoms with Crippen LogP contribution in [0.25, 0.3) is 0 Å². The van der Waals surface area contributed by atoms with Crippen LogP contribution in [0.5, 0.6) is 0 Å². The smallest absolute Gasteiger partial charge is 0.336 e. The molecule has 0 bridgehead atoms. The zero-order valence-electron chi connectivity index (χ0n) is 11.8. The Hall–Kier alpha value is -1.15. The van der Waals surface area contributed by atoms with Gasteiger partial charge in [-0.2, -0.15) is 0 Å². The first-order valence-electron chi connectivity index (χ1n) is 6.36. The molecule has 0 aliphatic carbocycles. The molecule has 6 nitrogen and oxygen atoms in total. The summed E-state index contributed by atoms with van der Waals surface area (Å²) in [6.45, 7) is 3.19. The van der Waals surface area contributed by atoms with Crippen LogP contribution in [-0.4, -0.2) is 37.2 Å². The van der Waals surface area contributed by atoms with Gasteiger partial charge in [0.15, 0.2) is 0 Å². The van der Waals surface area contributed by atoms with Gasteiger partial charge in [0.2, 0.25) is 10.0 Å². The molecule has 0 aliphatic rings. The van der Waals surface area contributed by atoms with Crippen LogP contribution in [0.1, 0.15) is 35.7 Å². The number of hydrogen-bond donors (Lipinski definition) is 3. The van der Waals surface area contributed by atoms with Crippen molar-refractivity contribution in [2.24, 2.45) is 0 Å². The van der Waals surface area contributed by atoms with E-state index in [2.05, 4.69) is 4.72 Å². The second-order valence-corrected chi connectivity index (χ2v) is 6.94. The van der Waals surface area contributed by atoms with Gasteiger partial charge in [-0.25, -0.2) is 17.9 Å². The minimum atomic E-state index is -3.85. The predicted molar refractivity (Wildman–Crippen MR) is 79.3 cm³/mol. The molecule has 1 atom stereocenters. The van der Waals surface area contributed by atoms with Gasteiger partial charge in [0.25, 0.3) is 0 Å². The first kappa shape index (κ1) is 17.9. The molecule has 0 aliphatic heterocycles. The van der Waals surface area contributed by atoms with Crippen molar-refractivity contribution in [2.75, 3.05) is 6.54 Å². The third-order valence-corrected chi connectivity index (χ3v) is 4.74. The Kier molecular flexibility index (Phi) is 6.15. The average Bonchev–Trinajstić information content (AvgIpc) is 2.36. The molecule has 3 N–H and O–H groups in total. The molecule has 8 heteroatoms. The largest absolute Gasteiger partial charge is 0.478 e. The number of nitrogens with one attached hydrogen (secondary N) is 1. The zero-order chi connectivity index (χ0) is 16.2. The summed E-state index contributed by atoms with van der Waals surface area (Å²) in [5.41, 5.74) is -0.0122. The van der Waals surface area contributed by atoms with Gasteiger partial charge >= 0.3 is 5.97 Å². The quantitative estimate of drug-likeness (QED) is 0.659. The van der Waals surface area contributed by atoms with E-state index in [0.29, 0.717) is 12.8 Å². The fraction of sp³-hybridized carbons (Fsp3) is 0.462. The normalized spacial score (nSPS) is 13.1. The number of benzene rings is 1. The predicted octanol–water partition coefficient (Wildman–Crippen LogP) is 1.79. The van der Waals surface area contributed by atoms with Gasteiger partial charge in [-0.05, 0) is 44.4 Å². The average molecular weight is 336 g/mol. The standard InChI is InChI=1S/C13H18ClNO5S/c1-8(16)4-3-5-15-21(19,20)12-7-10(14)6-11(9(12)2)13(17)18/h6-8,15-16H,3-5H2,1-2H3,(H,17,18). The Morgan fingerprint density at radius 3 is 2.57 bits per heavy atom. The first-order chi connectivity index (χ1) is 9.65. The lowest BCUT2D eigenvalue weighted by Gasteiger charge is -2.12. The molecule has 0 spiro atoms. The van der Waals surface area contributed by atoms with E-state index in [4.69, 9.17) is 21.8 Å². The Labute approximate surface area is 128 Å². The number of aliphatic hydroxyl groups excluding tert-OH is 1. The maximum atomic E-state index is 12.2. The number of hydrogen-bond acceptors (Lipinski definition) is 4. The van der Waals surface area contributed by atoms with Crippen molar-refractivity contribution in [3.05, 3.63) is 28.3 Å². The number of carboxylic acid groups (broad SMARTS) is 1. The van der Waals surface area contributed by atoms with E-state index in [1.165, 1.54) is 19.1 Å². The van der Waals surface area contributed by atoms with Crippen molar-refractivity contribution < 1.29 is 23.4 Å². The van der Waals surface area contributed by atoms with Gasteiger partial charge in [-0.1, -0.05) is 11.6 Å². The van der Waals surface area contributed by atoms with Crippen molar-refractivity contribution in [1.82, 2.24) is 4.72 Å². The van der Waals surface area contributed by atoms with Gasteiger partial charge in [0.05, 0.1) is 16.6 Å². The lowest BCUT2D eigenvalue weighted by molar-refractivity contribution is 0.0695. The van der Waals surface area contributed by atoms with Crippen LogP contribution in [0.4, 0.5) is 0 Å². The summed E-state index contributed by atoms with van der Waals surface area (Å²) >= 11 is 5.79. The molecule has 1 unspecified atom stereocenters. The molecular weight excluding hydrogens is 318 g/mol. The third kappa shape index (κ3) is 4.96. The van der Waals surface area contributed by atoms with Crippen molar-refractivity contribution in [1.29, 1.82) is 0 Å². The van der Waals surface area contributed by atoms with Crippen LogP contribution in [0, 0.1) is 6.92 Å². The summed E-state index contributed by atoms with van der Waals surface area (Å²) < 4.78 is 26.8. The van der Waals surface area contributed by atoms with E-state index in [9.17, 15) is 13.2 Å². The van der Waals surface area contributed by atoms with Crippen molar-refractivity contribution in [3.63, 3.8) is 0 Å². The number of aliphatic hydroxyl groups is 1. The van der Waals surface area contributed by atoms with Gasteiger partial charge in [-0.3, -0.25) is 0 Å². The number of carbonyl (C=O) groups is 1. The molecule has 0 saturated carbocycles. The fourth-order valence-electron chi connectivity index (χ4n) is 1.84. The van der Waals surface area contributed by atoms with E-state index in [-0.39, 0.29) is 27.6 Å². The first-order valence-corrected chi connectivity index (χ1v) is 8.22. The highest BCUT2D eigenvalue weighted by atomic mass is 35.5. The molecule has 0 aromatic heterocycles. The van der Waals surface area contributed by atoms with Gasteiger partial charge in [0, 0.05) is 11.6 Å². The van der Waals surface area contributed by atoms with Crippen LogP contribution < -0.4 is 4.72 Å². The number of aromatic carboxylic acids is 1. The van der Waals surface area contributed by atoms with Crippen LogP contribution in [0.15, 0.2) is 17.0 Å². The SMILES string of the molecule is Cc1c(C(=O)O)cc(Cl)cc1S(=O)(=O)NCCCC(C)O. The topological polar surface area (TPSA) is 104 Å². The van der Waals surface area contributed by atoms with Crippen LogP contribution >= 0.6 is 11.6 Å². The Bertz CT molecular complexity index is 628. The second-order valence-electron chi connectivity index (χ2n) is 4.77. The third-order valence-electron chi connectivity index (χ3n) is 2.94. The molecule has 1 aromatic rings. The Morgan fingerprint density at radius 2 is 2.05 bits per heavy atom. The van der Waals surface area contributed by atoms with Gasteiger partial charge in [-0.15, -0.1) is 0 Å². The molecular formula is C13H18ClNO5S. The van der Waals surface area contributed by atoms with Crippen LogP contribution in [-0.2, 0) is 10.0 Å². The lowest BCUT2D eigenvalue weighted by Crippen LogP contribution is -2.26. The molecule has 21 heavy (non-hydrogen) atoms. The molecule has 0 amide bonds. The molecule has 0 heterocycles. The van der Waals surface area contributed by atoms with Crippen LogP contribution in [0.2, 0.25) is 5.02 Å². The zero-order valence-corrected chi connectivity index (χ0v) is 13.3. The summed E-state index contributed by atoms with van der Waals surface area (Å²) in [7, 11) is -3.85. The maximum Gasteiger partial charge on any atom is 0.336 e. The number of sulfonamides is 1. The van der Waals surface area contributed by atoms with Gasteiger partial charge < -0.3 is 10.2 Å². The Balaban J connectivity index is 3.00. The van der Waals surface area contributed by atoms with E-state index < -0.39 is 22.1 Å².